The van der Waals surface area contributed by atoms with E-state index in [9.17, 15) is 4.79 Å². The van der Waals surface area contributed by atoms with E-state index in [1.807, 2.05) is 12.1 Å². The van der Waals surface area contributed by atoms with Crippen molar-refractivity contribution in [2.24, 2.45) is 0 Å². The van der Waals surface area contributed by atoms with Crippen molar-refractivity contribution < 1.29 is 9.15 Å². The number of fused-ring (bicyclic) bond motifs is 2. The average molecular weight is 424 g/mol. The molecule has 4 rings (SSSR count). The first-order valence-electron chi connectivity index (χ1n) is 9.91. The topological polar surface area (TPSA) is 106 Å². The van der Waals surface area contributed by atoms with Crippen LogP contribution in [0.1, 0.15) is 11.3 Å². The molecule has 9 heteroatoms. The van der Waals surface area contributed by atoms with Gasteiger partial charge in [-0.3, -0.25) is 0 Å². The maximum absolute atomic E-state index is 11.7. The monoisotopic (exact) mass is 423 g/mol. The Morgan fingerprint density at radius 1 is 1.20 bits per heavy atom. The Morgan fingerprint density at radius 3 is 2.90 bits per heavy atom. The van der Waals surface area contributed by atoms with Gasteiger partial charge in [-0.1, -0.05) is 19.6 Å². The van der Waals surface area contributed by atoms with Gasteiger partial charge >= 0.3 is 5.63 Å². The number of ether oxygens (including phenoxy) is 1. The molecule has 4 heterocycles. The molecule has 4 aromatic heterocycles. The summed E-state index contributed by atoms with van der Waals surface area (Å²) < 4.78 is 10.8. The molecule has 0 spiro atoms. The van der Waals surface area contributed by atoms with Gasteiger partial charge in [-0.05, 0) is 18.2 Å². The van der Waals surface area contributed by atoms with Crippen molar-refractivity contribution in [2.45, 2.75) is 38.8 Å². The highest BCUT2D eigenvalue weighted by Gasteiger charge is 2.15. The fourth-order valence-electron chi connectivity index (χ4n) is 3.16. The van der Waals surface area contributed by atoms with Gasteiger partial charge in [0.1, 0.15) is 11.0 Å². The normalized spacial score (nSPS) is 12.0. The molecule has 0 atom stereocenters. The molecule has 4 aromatic rings. The minimum atomic E-state index is -1.13. The van der Waals surface area contributed by atoms with Crippen LogP contribution in [0.4, 0.5) is 5.95 Å². The third kappa shape index (κ3) is 4.57. The fraction of sp³-hybridized carbons (Fsp3) is 0.333. The maximum Gasteiger partial charge on any atom is 0.346 e. The number of hydrogen-bond acceptors (Lipinski definition) is 7. The van der Waals surface area contributed by atoms with Crippen molar-refractivity contribution in [2.75, 3.05) is 11.9 Å². The predicted octanol–water partition coefficient (Wildman–Crippen LogP) is 3.93. The molecule has 2 N–H and O–H groups in total. The summed E-state index contributed by atoms with van der Waals surface area (Å²) in [7, 11) is -1.13. The van der Waals surface area contributed by atoms with E-state index in [2.05, 4.69) is 44.9 Å². The van der Waals surface area contributed by atoms with Crippen molar-refractivity contribution in [3.8, 4) is 0 Å². The van der Waals surface area contributed by atoms with Crippen LogP contribution in [0.25, 0.3) is 21.9 Å². The van der Waals surface area contributed by atoms with Crippen LogP contribution in [0, 0.1) is 0 Å². The lowest BCUT2D eigenvalue weighted by Crippen LogP contribution is -2.21. The molecule has 0 saturated carbocycles. The van der Waals surface area contributed by atoms with Crippen LogP contribution in [0.3, 0.4) is 0 Å². The average Bonchev–Trinajstić information content (AvgIpc) is 3.06. The van der Waals surface area contributed by atoms with Gasteiger partial charge in [0.05, 0.1) is 18.4 Å². The number of pyridine rings is 1. The molecule has 0 aromatic carbocycles. The van der Waals surface area contributed by atoms with E-state index in [0.29, 0.717) is 30.0 Å². The molecule has 0 aliphatic rings. The van der Waals surface area contributed by atoms with E-state index in [1.165, 1.54) is 12.5 Å². The van der Waals surface area contributed by atoms with Crippen molar-refractivity contribution in [1.29, 1.82) is 0 Å². The Kier molecular flexibility index (Phi) is 5.64. The summed E-state index contributed by atoms with van der Waals surface area (Å²) in [6.45, 7) is 8.77. The van der Waals surface area contributed by atoms with E-state index in [4.69, 9.17) is 9.15 Å². The van der Waals surface area contributed by atoms with Gasteiger partial charge in [0.25, 0.3) is 0 Å². The lowest BCUT2D eigenvalue weighted by molar-refractivity contribution is 0.130. The summed E-state index contributed by atoms with van der Waals surface area (Å²) in [4.78, 5) is 28.2. The summed E-state index contributed by atoms with van der Waals surface area (Å²) in [5.74, 6) is 0.442. The van der Waals surface area contributed by atoms with Gasteiger partial charge in [-0.25, -0.2) is 19.7 Å². The summed E-state index contributed by atoms with van der Waals surface area (Å²) in [5, 5.41) is 4.65. The zero-order chi connectivity index (χ0) is 21.1. The minimum absolute atomic E-state index is 0.357. The zero-order valence-electron chi connectivity index (χ0n) is 17.4. The largest absolute Gasteiger partial charge is 0.431 e. The Hall–Kier alpha value is -3.04. The molecule has 0 radical (unpaired) electrons. The molecule has 0 aliphatic carbocycles. The van der Waals surface area contributed by atoms with Gasteiger partial charge in [-0.2, -0.15) is 0 Å². The van der Waals surface area contributed by atoms with Crippen LogP contribution in [-0.4, -0.2) is 34.6 Å². The van der Waals surface area contributed by atoms with Crippen molar-refractivity contribution in [1.82, 2.24) is 19.9 Å². The summed E-state index contributed by atoms with van der Waals surface area (Å²) >= 11 is 0. The van der Waals surface area contributed by atoms with Gasteiger partial charge in [0.15, 0.2) is 0 Å². The molecule has 156 valence electrons. The van der Waals surface area contributed by atoms with Gasteiger partial charge in [0.2, 0.25) is 5.95 Å². The van der Waals surface area contributed by atoms with Crippen LogP contribution in [0.5, 0.6) is 0 Å². The number of H-pyrrole nitrogens is 1. The summed E-state index contributed by atoms with van der Waals surface area (Å²) in [5.41, 5.74) is 2.99. The SMILES string of the molecule is C[Si](C)(C)CCOCc1[nH]c2ncccc2c1CNc1ncc2c(=O)occc2n1. The second-order valence-corrected chi connectivity index (χ2v) is 14.0. The molecular formula is C21H25N5O3Si. The second-order valence-electron chi connectivity index (χ2n) is 8.40. The lowest BCUT2D eigenvalue weighted by atomic mass is 10.1. The first kappa shape index (κ1) is 20.2. The molecule has 0 unspecified atom stereocenters. The Bertz CT molecular complexity index is 1230. The highest BCUT2D eigenvalue weighted by molar-refractivity contribution is 6.76. The van der Waals surface area contributed by atoms with Crippen molar-refractivity contribution >= 4 is 36.0 Å². The highest BCUT2D eigenvalue weighted by Crippen LogP contribution is 2.23. The Labute approximate surface area is 174 Å². The quantitative estimate of drug-likeness (QED) is 0.327. The zero-order valence-corrected chi connectivity index (χ0v) is 18.4. The minimum Gasteiger partial charge on any atom is -0.431 e. The van der Waals surface area contributed by atoms with E-state index in [0.717, 1.165) is 34.9 Å². The van der Waals surface area contributed by atoms with E-state index >= 15 is 0 Å². The van der Waals surface area contributed by atoms with Gasteiger partial charge in [0, 0.05) is 56.3 Å². The molecule has 0 amide bonds. The van der Waals surface area contributed by atoms with Gasteiger partial charge < -0.3 is 19.5 Å². The standard InChI is InChI=1S/C21H25N5O3Si/c1-30(2,3)10-9-28-13-18-15(14-5-4-7-22-19(14)25-18)11-23-21-24-12-16-17(26-21)6-8-29-20(16)27/h4-8,12H,9-11,13H2,1-3H3,(H,22,25)(H,23,24,26). The molecule has 8 nitrogen and oxygen atoms in total. The summed E-state index contributed by atoms with van der Waals surface area (Å²) in [6.07, 6.45) is 4.58. The van der Waals surface area contributed by atoms with Gasteiger partial charge in [-0.15, -0.1) is 0 Å². The highest BCUT2D eigenvalue weighted by atomic mass is 28.3. The third-order valence-electron chi connectivity index (χ3n) is 4.87. The Morgan fingerprint density at radius 2 is 2.07 bits per heavy atom. The number of rotatable bonds is 8. The smallest absolute Gasteiger partial charge is 0.346 e. The van der Waals surface area contributed by atoms with Crippen LogP contribution in [0.2, 0.25) is 25.7 Å². The Balaban J connectivity index is 1.53. The lowest BCUT2D eigenvalue weighted by Gasteiger charge is -2.15. The molecule has 0 fully saturated rings. The fourth-order valence-corrected chi connectivity index (χ4v) is 3.92. The number of aromatic nitrogens is 4. The van der Waals surface area contributed by atoms with Crippen molar-refractivity contribution in [3.63, 3.8) is 0 Å². The number of anilines is 1. The van der Waals surface area contributed by atoms with Crippen LogP contribution < -0.4 is 10.9 Å². The summed E-state index contributed by atoms with van der Waals surface area (Å²) in [6, 6.07) is 6.73. The van der Waals surface area contributed by atoms with Crippen molar-refractivity contribution in [3.05, 3.63) is 58.5 Å². The number of aromatic amines is 1. The first-order valence-corrected chi connectivity index (χ1v) is 13.6. The van der Waals surface area contributed by atoms with Crippen LogP contribution >= 0.6 is 0 Å². The second kappa shape index (κ2) is 8.37. The van der Waals surface area contributed by atoms with Crippen LogP contribution in [0.15, 0.2) is 46.1 Å². The molecular weight excluding hydrogens is 398 g/mol. The van der Waals surface area contributed by atoms with E-state index in [-0.39, 0.29) is 0 Å². The first-order chi connectivity index (χ1) is 14.4. The van der Waals surface area contributed by atoms with E-state index < -0.39 is 13.7 Å². The predicted molar refractivity (Wildman–Crippen MR) is 119 cm³/mol. The number of hydrogen-bond donors (Lipinski definition) is 2. The maximum atomic E-state index is 11.7. The molecule has 0 aliphatic heterocycles. The number of nitrogens with one attached hydrogen (secondary N) is 2. The number of nitrogens with zero attached hydrogens (tertiary/aromatic N) is 3. The van der Waals surface area contributed by atoms with E-state index in [1.54, 1.807) is 12.3 Å². The molecule has 0 saturated heterocycles. The molecule has 30 heavy (non-hydrogen) atoms. The third-order valence-corrected chi connectivity index (χ3v) is 6.58. The van der Waals surface area contributed by atoms with Crippen LogP contribution in [-0.2, 0) is 17.9 Å². The molecule has 0 bridgehead atoms.